The third-order valence-electron chi connectivity index (χ3n) is 2.85. The monoisotopic (exact) mass is 252 g/mol. The molecule has 1 saturated heterocycles. The van der Waals surface area contributed by atoms with Gasteiger partial charge in [0.15, 0.2) is 0 Å². The minimum atomic E-state index is 0.495. The van der Waals surface area contributed by atoms with Crippen molar-refractivity contribution in [2.45, 2.75) is 19.8 Å². The van der Waals surface area contributed by atoms with Gasteiger partial charge in [0, 0.05) is 26.2 Å². The highest BCUT2D eigenvalue weighted by atomic mass is 32.2. The first-order chi connectivity index (χ1) is 8.27. The molecule has 1 aliphatic rings. The second kappa shape index (κ2) is 6.28. The van der Waals surface area contributed by atoms with Crippen LogP contribution in [0.25, 0.3) is 0 Å². The molecule has 94 valence electrons. The van der Waals surface area contributed by atoms with Crippen molar-refractivity contribution in [1.29, 1.82) is 0 Å². The highest BCUT2D eigenvalue weighted by Gasteiger charge is 2.13. The number of para-hydroxylation sites is 1. The lowest BCUT2D eigenvalue weighted by Gasteiger charge is -2.25. The molecule has 2 rings (SSSR count). The average molecular weight is 252 g/mol. The number of hydrogen-bond acceptors (Lipinski definition) is 4. The lowest BCUT2D eigenvalue weighted by molar-refractivity contribution is 0.378. The van der Waals surface area contributed by atoms with Gasteiger partial charge in [0.1, 0.15) is 18.0 Å². The van der Waals surface area contributed by atoms with Crippen LogP contribution in [0.2, 0.25) is 0 Å². The fraction of sp³-hybridized carbons (Fsp3) is 0.538. The molecule has 4 heteroatoms. The molecule has 1 aliphatic heterocycles. The van der Waals surface area contributed by atoms with Crippen LogP contribution in [0.4, 0.5) is 0 Å². The van der Waals surface area contributed by atoms with Crippen LogP contribution < -0.4 is 9.50 Å². The summed E-state index contributed by atoms with van der Waals surface area (Å²) in [6.45, 7) is 8.54. The number of piperazine rings is 1. The molecule has 0 amide bonds. The Bertz CT molecular complexity index is 351. The number of nitrogens with zero attached hydrogens (tertiary/aromatic N) is 1. The quantitative estimate of drug-likeness (QED) is 0.658. The van der Waals surface area contributed by atoms with Crippen LogP contribution in [-0.2, 0) is 0 Å². The van der Waals surface area contributed by atoms with Crippen molar-refractivity contribution in [2.24, 2.45) is 0 Å². The maximum absolute atomic E-state index is 5.85. The van der Waals surface area contributed by atoms with E-state index in [-0.39, 0.29) is 0 Å². The Morgan fingerprint density at radius 3 is 2.65 bits per heavy atom. The van der Waals surface area contributed by atoms with Gasteiger partial charge in [-0.1, -0.05) is 32.0 Å². The lowest BCUT2D eigenvalue weighted by atomic mass is 10.0. The third-order valence-corrected chi connectivity index (χ3v) is 3.68. The van der Waals surface area contributed by atoms with Gasteiger partial charge in [0.25, 0.3) is 0 Å². The van der Waals surface area contributed by atoms with Gasteiger partial charge < -0.3 is 9.50 Å². The molecule has 0 spiro atoms. The van der Waals surface area contributed by atoms with Gasteiger partial charge in [-0.05, 0) is 17.5 Å². The molecule has 1 aromatic rings. The van der Waals surface area contributed by atoms with Crippen molar-refractivity contribution in [3.8, 4) is 5.75 Å². The van der Waals surface area contributed by atoms with Crippen LogP contribution >= 0.6 is 12.2 Å². The van der Waals surface area contributed by atoms with E-state index in [4.69, 9.17) is 4.18 Å². The number of benzene rings is 1. The van der Waals surface area contributed by atoms with Crippen molar-refractivity contribution >= 4 is 12.2 Å². The summed E-state index contributed by atoms with van der Waals surface area (Å²) < 4.78 is 8.11. The highest BCUT2D eigenvalue weighted by molar-refractivity contribution is 7.92. The molecule has 0 saturated carbocycles. The van der Waals surface area contributed by atoms with Crippen LogP contribution in [0, 0.1) is 0 Å². The minimum absolute atomic E-state index is 0.495. The average Bonchev–Trinajstić information content (AvgIpc) is 2.38. The molecular formula is C13H20N2OS. The first-order valence-corrected chi connectivity index (χ1v) is 6.86. The van der Waals surface area contributed by atoms with Gasteiger partial charge in [-0.15, -0.1) is 0 Å². The van der Waals surface area contributed by atoms with E-state index in [2.05, 4.69) is 35.6 Å². The van der Waals surface area contributed by atoms with Gasteiger partial charge in [0.2, 0.25) is 0 Å². The molecular weight excluding hydrogens is 232 g/mol. The Kier molecular flexibility index (Phi) is 4.71. The molecule has 17 heavy (non-hydrogen) atoms. The Balaban J connectivity index is 1.93. The summed E-state index contributed by atoms with van der Waals surface area (Å²) in [6.07, 6.45) is 0. The molecule has 0 aromatic heterocycles. The normalized spacial score (nSPS) is 17.4. The fourth-order valence-electron chi connectivity index (χ4n) is 1.85. The minimum Gasteiger partial charge on any atom is -0.409 e. The molecule has 0 radical (unpaired) electrons. The molecule has 0 unspecified atom stereocenters. The topological polar surface area (TPSA) is 24.5 Å². The van der Waals surface area contributed by atoms with Gasteiger partial charge in [-0.2, -0.15) is 0 Å². The van der Waals surface area contributed by atoms with E-state index in [1.807, 2.05) is 12.1 Å². The van der Waals surface area contributed by atoms with Crippen LogP contribution in [0.1, 0.15) is 25.3 Å². The first kappa shape index (κ1) is 12.7. The number of rotatable bonds is 4. The van der Waals surface area contributed by atoms with Crippen LogP contribution in [0.15, 0.2) is 24.3 Å². The van der Waals surface area contributed by atoms with Crippen LogP contribution in [-0.4, -0.2) is 30.5 Å². The van der Waals surface area contributed by atoms with Crippen LogP contribution in [0.5, 0.6) is 5.75 Å². The number of nitrogens with one attached hydrogen (secondary N) is 1. The zero-order chi connectivity index (χ0) is 12.1. The molecule has 0 bridgehead atoms. The van der Waals surface area contributed by atoms with Crippen molar-refractivity contribution in [1.82, 2.24) is 9.62 Å². The molecule has 1 N–H and O–H groups in total. The second-order valence-corrected chi connectivity index (χ2v) is 5.36. The summed E-state index contributed by atoms with van der Waals surface area (Å²) in [4.78, 5) is 0. The maximum atomic E-state index is 5.85. The van der Waals surface area contributed by atoms with Crippen molar-refractivity contribution in [3.05, 3.63) is 29.8 Å². The number of hydrogen-bond donors (Lipinski definition) is 1. The Morgan fingerprint density at radius 1 is 1.24 bits per heavy atom. The SMILES string of the molecule is CC(C)c1ccccc1OSN1CCNCC1. The highest BCUT2D eigenvalue weighted by Crippen LogP contribution is 2.29. The molecule has 1 aromatic carbocycles. The lowest BCUT2D eigenvalue weighted by Crippen LogP contribution is -2.40. The van der Waals surface area contributed by atoms with E-state index >= 15 is 0 Å². The van der Waals surface area contributed by atoms with E-state index in [0.29, 0.717) is 5.92 Å². The summed E-state index contributed by atoms with van der Waals surface area (Å²) in [5, 5.41) is 3.33. The van der Waals surface area contributed by atoms with E-state index in [0.717, 1.165) is 31.9 Å². The molecule has 1 fully saturated rings. The Morgan fingerprint density at radius 2 is 1.94 bits per heavy atom. The van der Waals surface area contributed by atoms with E-state index < -0.39 is 0 Å². The maximum Gasteiger partial charge on any atom is 0.146 e. The van der Waals surface area contributed by atoms with Crippen LogP contribution in [0.3, 0.4) is 0 Å². The largest absolute Gasteiger partial charge is 0.409 e. The zero-order valence-corrected chi connectivity index (χ0v) is 11.3. The smallest absolute Gasteiger partial charge is 0.146 e. The van der Waals surface area contributed by atoms with Gasteiger partial charge in [-0.3, -0.25) is 0 Å². The fourth-order valence-corrected chi connectivity index (χ4v) is 2.51. The van der Waals surface area contributed by atoms with Gasteiger partial charge >= 0.3 is 0 Å². The standard InChI is InChI=1S/C13H20N2OS/c1-11(2)12-5-3-4-6-13(12)16-17-15-9-7-14-8-10-15/h3-6,11,14H,7-10H2,1-2H3. The predicted molar refractivity (Wildman–Crippen MR) is 73.2 cm³/mol. The molecule has 0 aliphatic carbocycles. The summed E-state index contributed by atoms with van der Waals surface area (Å²) in [5.74, 6) is 1.49. The Labute approximate surface area is 108 Å². The van der Waals surface area contributed by atoms with Crippen molar-refractivity contribution in [3.63, 3.8) is 0 Å². The van der Waals surface area contributed by atoms with E-state index in [9.17, 15) is 0 Å². The molecule has 0 atom stereocenters. The molecule has 3 nitrogen and oxygen atoms in total. The summed E-state index contributed by atoms with van der Waals surface area (Å²) in [5.41, 5.74) is 1.27. The third kappa shape index (κ3) is 3.63. The molecule has 1 heterocycles. The van der Waals surface area contributed by atoms with Gasteiger partial charge in [0.05, 0.1) is 0 Å². The summed E-state index contributed by atoms with van der Waals surface area (Å²) in [6, 6.07) is 8.28. The zero-order valence-electron chi connectivity index (χ0n) is 10.5. The van der Waals surface area contributed by atoms with Gasteiger partial charge in [-0.25, -0.2) is 4.31 Å². The summed E-state index contributed by atoms with van der Waals surface area (Å²) >= 11 is 1.48. The second-order valence-electron chi connectivity index (χ2n) is 4.53. The van der Waals surface area contributed by atoms with E-state index in [1.165, 1.54) is 17.8 Å². The van der Waals surface area contributed by atoms with Crippen molar-refractivity contribution in [2.75, 3.05) is 26.2 Å². The van der Waals surface area contributed by atoms with E-state index in [1.54, 1.807) is 0 Å². The Hall–Kier alpha value is -0.710. The van der Waals surface area contributed by atoms with Crippen molar-refractivity contribution < 1.29 is 4.18 Å². The summed E-state index contributed by atoms with van der Waals surface area (Å²) in [7, 11) is 0. The predicted octanol–water partition coefficient (Wildman–Crippen LogP) is 2.66. The first-order valence-electron chi connectivity index (χ1n) is 6.16.